The fourth-order valence-electron chi connectivity index (χ4n) is 4.79. The number of nitrogens with one attached hydrogen (secondary N) is 2. The summed E-state index contributed by atoms with van der Waals surface area (Å²) in [4.78, 5) is 39.6. The van der Waals surface area contributed by atoms with Crippen LogP contribution in [0.2, 0.25) is 0 Å². The molecule has 1 aromatic carbocycles. The molecule has 196 valence electrons. The highest BCUT2D eigenvalue weighted by Crippen LogP contribution is 2.38. The van der Waals surface area contributed by atoms with Crippen molar-refractivity contribution in [3.05, 3.63) is 35.8 Å². The second kappa shape index (κ2) is 10.8. The van der Waals surface area contributed by atoms with E-state index in [2.05, 4.69) is 20.3 Å². The molecular formula is C27H33N5O5. The van der Waals surface area contributed by atoms with Gasteiger partial charge >= 0.3 is 0 Å². The van der Waals surface area contributed by atoms with E-state index in [1.165, 1.54) is 26.3 Å². The van der Waals surface area contributed by atoms with Crippen molar-refractivity contribution >= 4 is 22.8 Å². The van der Waals surface area contributed by atoms with E-state index in [4.69, 9.17) is 14.2 Å². The number of ether oxygens (including phenoxy) is 3. The van der Waals surface area contributed by atoms with Crippen molar-refractivity contribution in [1.82, 2.24) is 25.2 Å². The van der Waals surface area contributed by atoms with Crippen LogP contribution in [0.4, 0.5) is 0 Å². The highest BCUT2D eigenvalue weighted by atomic mass is 16.5. The first kappa shape index (κ1) is 25.0. The van der Waals surface area contributed by atoms with Gasteiger partial charge in [0.05, 0.1) is 24.8 Å². The highest BCUT2D eigenvalue weighted by Gasteiger charge is 2.27. The Morgan fingerprint density at radius 3 is 2.62 bits per heavy atom. The van der Waals surface area contributed by atoms with Crippen LogP contribution in [0.1, 0.15) is 41.7 Å². The fourth-order valence-corrected chi connectivity index (χ4v) is 4.79. The first-order chi connectivity index (χ1) is 18.0. The van der Waals surface area contributed by atoms with Crippen LogP contribution in [-0.2, 0) is 9.53 Å². The number of piperidine rings is 1. The lowest BCUT2D eigenvalue weighted by Gasteiger charge is -2.32. The number of nitrogens with zero attached hydrogens (tertiary/aromatic N) is 3. The Labute approximate surface area is 215 Å². The van der Waals surface area contributed by atoms with Crippen molar-refractivity contribution in [2.75, 3.05) is 40.5 Å². The molecule has 10 heteroatoms. The summed E-state index contributed by atoms with van der Waals surface area (Å²) in [5, 5.41) is 3.14. The Bertz CT molecular complexity index is 1290. The van der Waals surface area contributed by atoms with E-state index in [1.807, 2.05) is 25.1 Å². The van der Waals surface area contributed by atoms with Crippen LogP contribution in [-0.4, -0.2) is 78.2 Å². The second-order valence-corrected chi connectivity index (χ2v) is 9.75. The summed E-state index contributed by atoms with van der Waals surface area (Å²) in [5.74, 6) is 1.78. The Hall–Kier alpha value is -3.66. The molecule has 37 heavy (non-hydrogen) atoms. The molecule has 0 bridgehead atoms. The molecule has 2 amide bonds. The van der Waals surface area contributed by atoms with Crippen molar-refractivity contribution in [3.8, 4) is 22.8 Å². The Morgan fingerprint density at radius 1 is 1.14 bits per heavy atom. The lowest BCUT2D eigenvalue weighted by molar-refractivity contribution is -0.136. The lowest BCUT2D eigenvalue weighted by atomic mass is 10.0. The standard InChI is InChI=1S/C27H33N5O5/c1-16-23(27(34)31-18-8-10-32(11-9-18)22(33)14-35-2)25-26(30-16)24(28-15-29-25)20-7-6-19(36-3)12-21(20)37-13-17-4-5-17/h6-7,12,15,17-18,30H,4-5,8-11,13-14H2,1-3H3,(H,31,34). The van der Waals surface area contributed by atoms with Crippen molar-refractivity contribution in [2.45, 2.75) is 38.6 Å². The van der Waals surface area contributed by atoms with Crippen LogP contribution in [0, 0.1) is 12.8 Å². The fraction of sp³-hybridized carbons (Fsp3) is 0.481. The van der Waals surface area contributed by atoms with Crippen LogP contribution in [0.15, 0.2) is 24.5 Å². The minimum Gasteiger partial charge on any atom is -0.497 e. The summed E-state index contributed by atoms with van der Waals surface area (Å²) in [7, 11) is 3.14. The van der Waals surface area contributed by atoms with Crippen molar-refractivity contribution in [3.63, 3.8) is 0 Å². The first-order valence-electron chi connectivity index (χ1n) is 12.7. The van der Waals surface area contributed by atoms with E-state index in [9.17, 15) is 9.59 Å². The van der Waals surface area contributed by atoms with Gasteiger partial charge in [0.2, 0.25) is 5.91 Å². The van der Waals surface area contributed by atoms with E-state index in [-0.39, 0.29) is 24.5 Å². The monoisotopic (exact) mass is 507 g/mol. The molecule has 5 rings (SSSR count). The average molecular weight is 508 g/mol. The summed E-state index contributed by atoms with van der Waals surface area (Å²) in [5.41, 5.74) is 3.96. The zero-order valence-corrected chi connectivity index (χ0v) is 21.5. The highest BCUT2D eigenvalue weighted by molar-refractivity contribution is 6.09. The SMILES string of the molecule is COCC(=O)N1CCC(NC(=O)c2c(C)[nH]c3c(-c4ccc(OC)cc4OCC4CC4)ncnc23)CC1. The molecule has 0 atom stereocenters. The molecule has 1 saturated carbocycles. The Balaban J connectivity index is 1.38. The molecule has 1 aliphatic heterocycles. The first-order valence-corrected chi connectivity index (χ1v) is 12.7. The molecule has 0 spiro atoms. The van der Waals surface area contributed by atoms with Gasteiger partial charge in [0.1, 0.15) is 35.6 Å². The van der Waals surface area contributed by atoms with Gasteiger partial charge in [-0.3, -0.25) is 9.59 Å². The van der Waals surface area contributed by atoms with Crippen LogP contribution >= 0.6 is 0 Å². The van der Waals surface area contributed by atoms with Crippen LogP contribution in [0.25, 0.3) is 22.3 Å². The van der Waals surface area contributed by atoms with Gasteiger partial charge in [-0.05, 0) is 50.7 Å². The zero-order chi connectivity index (χ0) is 25.9. The lowest BCUT2D eigenvalue weighted by Crippen LogP contribution is -2.47. The number of benzene rings is 1. The number of methoxy groups -OCH3 is 2. The normalized spacial score (nSPS) is 16.1. The van der Waals surface area contributed by atoms with Gasteiger partial charge in [0.15, 0.2) is 0 Å². The molecule has 0 radical (unpaired) electrons. The summed E-state index contributed by atoms with van der Waals surface area (Å²) < 4.78 is 16.5. The molecule has 0 unspecified atom stereocenters. The minimum absolute atomic E-state index is 0.0197. The molecule has 3 heterocycles. The number of hydrogen-bond donors (Lipinski definition) is 2. The molecule has 2 fully saturated rings. The van der Waals surface area contributed by atoms with Crippen molar-refractivity contribution in [2.24, 2.45) is 5.92 Å². The number of rotatable bonds is 9. The van der Waals surface area contributed by atoms with Crippen molar-refractivity contribution in [1.29, 1.82) is 0 Å². The number of fused-ring (bicyclic) bond motifs is 1. The smallest absolute Gasteiger partial charge is 0.255 e. The third kappa shape index (κ3) is 5.39. The summed E-state index contributed by atoms with van der Waals surface area (Å²) in [6, 6.07) is 5.66. The van der Waals surface area contributed by atoms with E-state index in [1.54, 1.807) is 12.0 Å². The predicted octanol–water partition coefficient (Wildman–Crippen LogP) is 3.10. The number of aryl methyl sites for hydroxylation is 1. The molecule has 3 aromatic rings. The summed E-state index contributed by atoms with van der Waals surface area (Å²) in [6.07, 6.45) is 5.24. The van der Waals surface area contributed by atoms with Crippen LogP contribution < -0.4 is 14.8 Å². The van der Waals surface area contributed by atoms with Gasteiger partial charge in [-0.1, -0.05) is 0 Å². The maximum Gasteiger partial charge on any atom is 0.255 e. The van der Waals surface area contributed by atoms with Crippen LogP contribution in [0.3, 0.4) is 0 Å². The van der Waals surface area contributed by atoms with Gasteiger partial charge in [-0.15, -0.1) is 0 Å². The molecule has 2 aromatic heterocycles. The van der Waals surface area contributed by atoms with E-state index < -0.39 is 0 Å². The number of hydrogen-bond acceptors (Lipinski definition) is 7. The molecule has 1 aliphatic carbocycles. The van der Waals surface area contributed by atoms with E-state index in [0.717, 1.165) is 11.3 Å². The number of H-pyrrole nitrogens is 1. The molecule has 10 nitrogen and oxygen atoms in total. The molecular weight excluding hydrogens is 474 g/mol. The molecule has 2 aliphatic rings. The Kier molecular flexibility index (Phi) is 7.27. The van der Waals surface area contributed by atoms with Crippen LogP contribution in [0.5, 0.6) is 11.5 Å². The third-order valence-electron chi connectivity index (χ3n) is 7.06. The van der Waals surface area contributed by atoms with Gasteiger partial charge in [0, 0.05) is 43.6 Å². The summed E-state index contributed by atoms with van der Waals surface area (Å²) >= 11 is 0. The van der Waals surface area contributed by atoms with Gasteiger partial charge in [-0.25, -0.2) is 9.97 Å². The van der Waals surface area contributed by atoms with E-state index >= 15 is 0 Å². The quantitative estimate of drug-likeness (QED) is 0.457. The number of likely N-dealkylation sites (tertiary alicyclic amines) is 1. The number of amides is 2. The van der Waals surface area contributed by atoms with Gasteiger partial charge < -0.3 is 29.4 Å². The largest absolute Gasteiger partial charge is 0.497 e. The van der Waals surface area contributed by atoms with Crippen molar-refractivity contribution < 1.29 is 23.8 Å². The molecule has 2 N–H and O–H groups in total. The number of aromatic nitrogens is 3. The number of carbonyl (C=O) groups excluding carboxylic acids is 2. The van der Waals surface area contributed by atoms with E-state index in [0.29, 0.717) is 72.2 Å². The number of aromatic amines is 1. The average Bonchev–Trinajstić information content (AvgIpc) is 3.67. The van der Waals surface area contributed by atoms with Gasteiger partial charge in [0.25, 0.3) is 5.91 Å². The predicted molar refractivity (Wildman–Crippen MR) is 138 cm³/mol. The minimum atomic E-state index is -0.185. The number of carbonyl (C=O) groups is 2. The summed E-state index contributed by atoms with van der Waals surface area (Å²) in [6.45, 7) is 3.78. The Morgan fingerprint density at radius 2 is 1.92 bits per heavy atom. The maximum absolute atomic E-state index is 13.4. The second-order valence-electron chi connectivity index (χ2n) is 9.75. The zero-order valence-electron chi connectivity index (χ0n) is 21.5. The van der Waals surface area contributed by atoms with Gasteiger partial charge in [-0.2, -0.15) is 0 Å². The third-order valence-corrected chi connectivity index (χ3v) is 7.06. The maximum atomic E-state index is 13.4. The molecule has 1 saturated heterocycles. The topological polar surface area (TPSA) is 119 Å².